The first-order chi connectivity index (χ1) is 22.0. The third-order valence-corrected chi connectivity index (χ3v) is 8.19. The van der Waals surface area contributed by atoms with Crippen LogP contribution in [-0.2, 0) is 14.4 Å². The highest BCUT2D eigenvalue weighted by Crippen LogP contribution is 2.34. The number of benzene rings is 2. The standard InChI is InChI=1S/C33H45N5O8/c1-19(2)35-17-22(39)18-46-28-11-6-9-25-29(28)23-16-21(12-13-24(23)37-25)30(40)34-14-5-4-8-26(32(42)43)36-20(3)31(41)38-15-7-10-27(38)33(44)45/h6,9,11-13,16,19-20,22,26-27,35-37,39H,4-5,7-8,10,14-15,17-18H2,1-3H3,(H,34,40)(H,42,43)(H,44,45)/t20-,22-,26-,27-/m0/s1. The van der Waals surface area contributed by atoms with Gasteiger partial charge < -0.3 is 40.6 Å². The smallest absolute Gasteiger partial charge is 0.326 e. The molecule has 13 heteroatoms. The molecule has 1 aromatic heterocycles. The lowest BCUT2D eigenvalue weighted by molar-refractivity contribution is -0.149. The van der Waals surface area contributed by atoms with Crippen LogP contribution in [0.4, 0.5) is 0 Å². The number of hydrogen-bond acceptors (Lipinski definition) is 8. The number of carbonyl (C=O) groups excluding carboxylic acids is 2. The summed E-state index contributed by atoms with van der Waals surface area (Å²) in [6, 6.07) is 8.51. The molecule has 1 aliphatic heterocycles. The highest BCUT2D eigenvalue weighted by molar-refractivity contribution is 6.12. The van der Waals surface area contributed by atoms with Gasteiger partial charge in [-0.3, -0.25) is 19.7 Å². The Morgan fingerprint density at radius 2 is 1.85 bits per heavy atom. The predicted octanol–water partition coefficient (Wildman–Crippen LogP) is 2.47. The number of aromatic amines is 1. The zero-order chi connectivity index (χ0) is 33.4. The molecule has 0 radical (unpaired) electrons. The Morgan fingerprint density at radius 3 is 2.57 bits per heavy atom. The Hall–Kier alpha value is -4.20. The second kappa shape index (κ2) is 15.9. The minimum absolute atomic E-state index is 0.114. The normalized spacial score (nSPS) is 16.9. The fourth-order valence-electron chi connectivity index (χ4n) is 5.76. The Morgan fingerprint density at radius 1 is 1.07 bits per heavy atom. The number of nitrogens with zero attached hydrogens (tertiary/aromatic N) is 1. The number of H-pyrrole nitrogens is 1. The predicted molar refractivity (Wildman–Crippen MR) is 173 cm³/mol. The van der Waals surface area contributed by atoms with Crippen molar-refractivity contribution in [1.29, 1.82) is 0 Å². The SMILES string of the molecule is CC(C)NC[C@H](O)COc1cccc2[nH]c3ccc(C(=O)NCCCC[C@H](N[C@@H](C)C(=O)N4CCC[C@H]4C(=O)O)C(=O)O)cc3c12. The van der Waals surface area contributed by atoms with E-state index in [1.165, 1.54) is 4.90 Å². The van der Waals surface area contributed by atoms with E-state index in [-0.39, 0.29) is 25.0 Å². The zero-order valence-electron chi connectivity index (χ0n) is 26.5. The van der Waals surface area contributed by atoms with E-state index in [1.807, 2.05) is 38.1 Å². The third kappa shape index (κ3) is 8.74. The van der Waals surface area contributed by atoms with Crippen LogP contribution in [0.25, 0.3) is 21.8 Å². The second-order valence-electron chi connectivity index (χ2n) is 12.2. The molecule has 3 aromatic rings. The second-order valence-corrected chi connectivity index (χ2v) is 12.2. The first-order valence-electron chi connectivity index (χ1n) is 15.8. The number of aliphatic hydroxyl groups excluding tert-OH is 1. The van der Waals surface area contributed by atoms with Crippen LogP contribution < -0.4 is 20.7 Å². The summed E-state index contributed by atoms with van der Waals surface area (Å²) >= 11 is 0. The monoisotopic (exact) mass is 639 g/mol. The van der Waals surface area contributed by atoms with Gasteiger partial charge in [0.1, 0.15) is 30.5 Å². The van der Waals surface area contributed by atoms with Gasteiger partial charge in [-0.2, -0.15) is 0 Å². The molecule has 250 valence electrons. The molecule has 46 heavy (non-hydrogen) atoms. The van der Waals surface area contributed by atoms with Crippen molar-refractivity contribution >= 4 is 45.6 Å². The lowest BCUT2D eigenvalue weighted by Gasteiger charge is -2.27. The van der Waals surface area contributed by atoms with E-state index in [1.54, 1.807) is 19.1 Å². The molecule has 2 heterocycles. The van der Waals surface area contributed by atoms with Gasteiger partial charge in [-0.15, -0.1) is 0 Å². The van der Waals surface area contributed by atoms with Crippen LogP contribution in [0.1, 0.15) is 63.2 Å². The van der Waals surface area contributed by atoms with Gasteiger partial charge in [-0.25, -0.2) is 4.79 Å². The molecule has 13 nitrogen and oxygen atoms in total. The number of carboxylic acids is 2. The van der Waals surface area contributed by atoms with Crippen LogP contribution in [0, 0.1) is 0 Å². The molecular weight excluding hydrogens is 594 g/mol. The highest BCUT2D eigenvalue weighted by Gasteiger charge is 2.36. The van der Waals surface area contributed by atoms with Crippen molar-refractivity contribution in [3.63, 3.8) is 0 Å². The minimum atomic E-state index is -1.10. The zero-order valence-corrected chi connectivity index (χ0v) is 26.5. The molecule has 4 atom stereocenters. The van der Waals surface area contributed by atoms with Gasteiger partial charge in [0.15, 0.2) is 0 Å². The number of unbranched alkanes of at least 4 members (excludes halogenated alkanes) is 1. The first kappa shape index (κ1) is 34.7. The van der Waals surface area contributed by atoms with E-state index in [9.17, 15) is 34.5 Å². The maximum absolute atomic E-state index is 13.0. The van der Waals surface area contributed by atoms with Crippen LogP contribution in [0.5, 0.6) is 5.75 Å². The summed E-state index contributed by atoms with van der Waals surface area (Å²) in [5.41, 5.74) is 2.15. The summed E-state index contributed by atoms with van der Waals surface area (Å²) in [4.78, 5) is 53.8. The van der Waals surface area contributed by atoms with E-state index >= 15 is 0 Å². The molecule has 2 amide bonds. The van der Waals surface area contributed by atoms with Crippen LogP contribution in [-0.4, -0.2) is 105 Å². The van der Waals surface area contributed by atoms with Crippen molar-refractivity contribution in [2.24, 2.45) is 0 Å². The number of aliphatic hydroxyl groups is 1. The number of ether oxygens (including phenoxy) is 1. The van der Waals surface area contributed by atoms with E-state index in [4.69, 9.17) is 4.74 Å². The summed E-state index contributed by atoms with van der Waals surface area (Å²) in [6.45, 7) is 6.74. The van der Waals surface area contributed by atoms with Gasteiger partial charge in [-0.05, 0) is 69.4 Å². The maximum atomic E-state index is 13.0. The average Bonchev–Trinajstić information content (AvgIpc) is 3.66. The minimum Gasteiger partial charge on any atom is -0.490 e. The van der Waals surface area contributed by atoms with E-state index < -0.39 is 42.1 Å². The van der Waals surface area contributed by atoms with Gasteiger partial charge >= 0.3 is 11.9 Å². The Balaban J connectivity index is 1.30. The van der Waals surface area contributed by atoms with Crippen LogP contribution >= 0.6 is 0 Å². The number of carboxylic acid groups (broad SMARTS) is 2. The summed E-state index contributed by atoms with van der Waals surface area (Å²) in [5, 5.41) is 39.9. The number of aromatic nitrogens is 1. The lowest BCUT2D eigenvalue weighted by Crippen LogP contribution is -2.53. The van der Waals surface area contributed by atoms with Crippen molar-refractivity contribution in [2.45, 2.75) is 83.1 Å². The molecule has 1 aliphatic rings. The van der Waals surface area contributed by atoms with E-state index in [0.29, 0.717) is 56.6 Å². The van der Waals surface area contributed by atoms with Crippen LogP contribution in [0.15, 0.2) is 36.4 Å². The molecule has 4 rings (SSSR count). The first-order valence-corrected chi connectivity index (χ1v) is 15.8. The molecule has 0 spiro atoms. The molecule has 2 aromatic carbocycles. The largest absolute Gasteiger partial charge is 0.490 e. The Bertz CT molecular complexity index is 1540. The number of amides is 2. The molecule has 7 N–H and O–H groups in total. The summed E-state index contributed by atoms with van der Waals surface area (Å²) in [7, 11) is 0. The van der Waals surface area contributed by atoms with E-state index in [2.05, 4.69) is 20.9 Å². The highest BCUT2D eigenvalue weighted by atomic mass is 16.5. The van der Waals surface area contributed by atoms with Crippen molar-refractivity contribution in [3.8, 4) is 5.75 Å². The Kier molecular flexibility index (Phi) is 12.0. The molecule has 1 fully saturated rings. The number of carbonyl (C=O) groups is 4. The van der Waals surface area contributed by atoms with Gasteiger partial charge in [0, 0.05) is 47.5 Å². The fraction of sp³-hybridized carbons (Fsp3) is 0.515. The molecule has 1 saturated heterocycles. The van der Waals surface area contributed by atoms with Gasteiger partial charge in [0.2, 0.25) is 5.91 Å². The number of likely N-dealkylation sites (tertiary alicyclic amines) is 1. The topological polar surface area (TPSA) is 193 Å². The number of nitrogens with one attached hydrogen (secondary N) is 4. The van der Waals surface area contributed by atoms with Gasteiger partial charge in [0.05, 0.1) is 11.6 Å². The number of rotatable bonds is 17. The maximum Gasteiger partial charge on any atom is 0.326 e. The average molecular weight is 640 g/mol. The molecule has 0 unspecified atom stereocenters. The van der Waals surface area contributed by atoms with Crippen LogP contribution in [0.2, 0.25) is 0 Å². The summed E-state index contributed by atoms with van der Waals surface area (Å²) in [5.74, 6) is -2.25. The molecule has 0 saturated carbocycles. The quantitative estimate of drug-likeness (QED) is 0.108. The third-order valence-electron chi connectivity index (χ3n) is 8.19. The summed E-state index contributed by atoms with van der Waals surface area (Å²) < 4.78 is 5.98. The van der Waals surface area contributed by atoms with Crippen molar-refractivity contribution < 1.29 is 39.2 Å². The summed E-state index contributed by atoms with van der Waals surface area (Å²) in [6.07, 6.45) is 1.53. The van der Waals surface area contributed by atoms with Gasteiger partial charge in [0.25, 0.3) is 5.91 Å². The lowest BCUT2D eigenvalue weighted by atomic mass is 10.1. The molecular formula is C33H45N5O8. The van der Waals surface area contributed by atoms with Crippen molar-refractivity contribution in [1.82, 2.24) is 25.8 Å². The van der Waals surface area contributed by atoms with Crippen LogP contribution in [0.3, 0.4) is 0 Å². The number of aliphatic carboxylic acids is 2. The number of hydrogen-bond donors (Lipinski definition) is 7. The number of fused-ring (bicyclic) bond motifs is 3. The van der Waals surface area contributed by atoms with Gasteiger partial charge in [-0.1, -0.05) is 19.9 Å². The fourth-order valence-corrected chi connectivity index (χ4v) is 5.76. The van der Waals surface area contributed by atoms with E-state index in [0.717, 1.165) is 21.8 Å². The van der Waals surface area contributed by atoms with Crippen molar-refractivity contribution in [2.75, 3.05) is 26.2 Å². The van der Waals surface area contributed by atoms with Crippen molar-refractivity contribution in [3.05, 3.63) is 42.0 Å². The molecule has 0 aliphatic carbocycles. The molecule has 0 bridgehead atoms. The Labute approximate surface area is 267 Å².